The summed E-state index contributed by atoms with van der Waals surface area (Å²) in [6, 6.07) is 5.66. The van der Waals surface area contributed by atoms with Crippen LogP contribution in [0.15, 0.2) is 33.9 Å². The maximum Gasteiger partial charge on any atom is 0.281 e. The standard InChI is InChI=1S/C9H9BrN4O3S/c1-14-9(8(10)11-13-14)18(16,17)12-6-2-4-7(15)5-3-6/h2-5,12,15H,1H3. The molecule has 0 saturated carbocycles. The molecule has 9 heteroatoms. The Morgan fingerprint density at radius 1 is 1.33 bits per heavy atom. The maximum atomic E-state index is 12.1. The quantitative estimate of drug-likeness (QED) is 0.820. The Kier molecular flexibility index (Phi) is 3.26. The topological polar surface area (TPSA) is 97.1 Å². The number of nitrogens with zero attached hydrogens (tertiary/aromatic N) is 3. The fourth-order valence-corrected chi connectivity index (χ4v) is 3.50. The summed E-state index contributed by atoms with van der Waals surface area (Å²) in [5.74, 6) is 0.0568. The third-order valence-corrected chi connectivity index (χ3v) is 4.38. The van der Waals surface area contributed by atoms with E-state index < -0.39 is 10.0 Å². The molecule has 1 heterocycles. The highest BCUT2D eigenvalue weighted by atomic mass is 79.9. The molecule has 0 spiro atoms. The zero-order chi connectivity index (χ0) is 13.3. The second-order valence-electron chi connectivity index (χ2n) is 3.46. The molecular weight excluding hydrogens is 324 g/mol. The minimum atomic E-state index is -3.78. The molecule has 1 aromatic heterocycles. The summed E-state index contributed by atoms with van der Waals surface area (Å²) in [5.41, 5.74) is 0.334. The highest BCUT2D eigenvalue weighted by molar-refractivity contribution is 9.10. The van der Waals surface area contributed by atoms with Crippen LogP contribution in [0.4, 0.5) is 5.69 Å². The second kappa shape index (κ2) is 4.58. The van der Waals surface area contributed by atoms with Crippen molar-refractivity contribution in [2.24, 2.45) is 7.05 Å². The first-order chi connectivity index (χ1) is 8.40. The van der Waals surface area contributed by atoms with Crippen LogP contribution >= 0.6 is 15.9 Å². The lowest BCUT2D eigenvalue weighted by atomic mass is 10.3. The van der Waals surface area contributed by atoms with Gasteiger partial charge in [-0.05, 0) is 40.2 Å². The van der Waals surface area contributed by atoms with Crippen LogP contribution in [0.3, 0.4) is 0 Å². The van der Waals surface area contributed by atoms with Gasteiger partial charge >= 0.3 is 0 Å². The van der Waals surface area contributed by atoms with Crippen LogP contribution in [0.25, 0.3) is 0 Å². The summed E-state index contributed by atoms with van der Waals surface area (Å²) < 4.78 is 27.8. The van der Waals surface area contributed by atoms with E-state index in [0.717, 1.165) is 4.68 Å². The number of sulfonamides is 1. The van der Waals surface area contributed by atoms with Crippen LogP contribution in [0.2, 0.25) is 0 Å². The SMILES string of the molecule is Cn1nnc(Br)c1S(=O)(=O)Nc1ccc(O)cc1. The number of rotatable bonds is 3. The van der Waals surface area contributed by atoms with Crippen molar-refractivity contribution in [3.8, 4) is 5.75 Å². The minimum Gasteiger partial charge on any atom is -0.508 e. The molecule has 2 N–H and O–H groups in total. The molecule has 2 rings (SSSR count). The Bertz CT molecular complexity index is 646. The number of aromatic nitrogens is 3. The summed E-state index contributed by atoms with van der Waals surface area (Å²) in [5, 5.41) is 16.3. The molecule has 7 nitrogen and oxygen atoms in total. The predicted octanol–water partition coefficient (Wildman–Crippen LogP) is 1.08. The second-order valence-corrected chi connectivity index (χ2v) is 5.81. The third kappa shape index (κ3) is 2.46. The van der Waals surface area contributed by atoms with Gasteiger partial charge in [0.1, 0.15) is 5.75 Å². The largest absolute Gasteiger partial charge is 0.508 e. The van der Waals surface area contributed by atoms with Gasteiger partial charge < -0.3 is 5.11 Å². The Morgan fingerprint density at radius 3 is 2.44 bits per heavy atom. The number of hydrogen-bond donors (Lipinski definition) is 2. The van der Waals surface area contributed by atoms with E-state index in [1.165, 1.54) is 31.3 Å². The number of phenolic OH excluding ortho intramolecular Hbond substituents is 1. The fourth-order valence-electron chi connectivity index (χ4n) is 1.34. The molecule has 2 aromatic rings. The van der Waals surface area contributed by atoms with E-state index in [1.54, 1.807) is 0 Å². The normalized spacial score (nSPS) is 11.4. The average molecular weight is 333 g/mol. The van der Waals surface area contributed by atoms with Crippen molar-refractivity contribution in [1.29, 1.82) is 0 Å². The fraction of sp³-hybridized carbons (Fsp3) is 0.111. The molecular formula is C9H9BrN4O3S. The summed E-state index contributed by atoms with van der Waals surface area (Å²) in [6.07, 6.45) is 0. The van der Waals surface area contributed by atoms with Crippen molar-refractivity contribution in [2.45, 2.75) is 5.03 Å². The van der Waals surface area contributed by atoms with Crippen LogP contribution in [0.1, 0.15) is 0 Å². The van der Waals surface area contributed by atoms with E-state index in [1.807, 2.05) is 0 Å². The van der Waals surface area contributed by atoms with Gasteiger partial charge in [-0.1, -0.05) is 5.21 Å². The number of aromatic hydroxyl groups is 1. The number of hydrogen-bond acceptors (Lipinski definition) is 5. The van der Waals surface area contributed by atoms with Gasteiger partial charge in [0.15, 0.2) is 4.60 Å². The lowest BCUT2D eigenvalue weighted by Gasteiger charge is -2.07. The van der Waals surface area contributed by atoms with Crippen molar-refractivity contribution in [1.82, 2.24) is 15.0 Å². The Morgan fingerprint density at radius 2 is 1.94 bits per heavy atom. The van der Waals surface area contributed by atoms with Crippen molar-refractivity contribution in [2.75, 3.05) is 4.72 Å². The summed E-state index contributed by atoms with van der Waals surface area (Å²) in [7, 11) is -2.31. The molecule has 0 aliphatic heterocycles. The van der Waals surface area contributed by atoms with Gasteiger partial charge in [-0.3, -0.25) is 4.72 Å². The van der Waals surface area contributed by atoms with E-state index in [9.17, 15) is 8.42 Å². The molecule has 96 valence electrons. The summed E-state index contributed by atoms with van der Waals surface area (Å²) in [6.45, 7) is 0. The Hall–Kier alpha value is -1.61. The maximum absolute atomic E-state index is 12.1. The number of anilines is 1. The Labute approximate surface area is 112 Å². The lowest BCUT2D eigenvalue weighted by molar-refractivity contribution is 0.475. The van der Waals surface area contributed by atoms with E-state index in [4.69, 9.17) is 5.11 Å². The number of benzene rings is 1. The minimum absolute atomic E-state index is 0.0568. The molecule has 1 aromatic carbocycles. The van der Waals surface area contributed by atoms with E-state index >= 15 is 0 Å². The van der Waals surface area contributed by atoms with Crippen LogP contribution in [-0.2, 0) is 17.1 Å². The van der Waals surface area contributed by atoms with Crippen LogP contribution in [0, 0.1) is 0 Å². The summed E-state index contributed by atoms with van der Waals surface area (Å²) >= 11 is 3.02. The van der Waals surface area contributed by atoms with Gasteiger partial charge in [0, 0.05) is 12.7 Å². The molecule has 0 aliphatic rings. The first-order valence-corrected chi connectivity index (χ1v) is 7.05. The van der Waals surface area contributed by atoms with E-state index in [0.29, 0.717) is 5.69 Å². The zero-order valence-corrected chi connectivity index (χ0v) is 11.6. The first kappa shape index (κ1) is 12.8. The van der Waals surface area contributed by atoms with Gasteiger partial charge in [0.05, 0.1) is 0 Å². The van der Waals surface area contributed by atoms with Gasteiger partial charge in [-0.25, -0.2) is 4.68 Å². The smallest absolute Gasteiger partial charge is 0.281 e. The number of phenols is 1. The van der Waals surface area contributed by atoms with E-state index in [-0.39, 0.29) is 15.4 Å². The molecule has 0 unspecified atom stereocenters. The van der Waals surface area contributed by atoms with Gasteiger partial charge in [-0.2, -0.15) is 8.42 Å². The zero-order valence-electron chi connectivity index (χ0n) is 9.20. The lowest BCUT2D eigenvalue weighted by Crippen LogP contribution is -2.17. The summed E-state index contributed by atoms with van der Waals surface area (Å²) in [4.78, 5) is 0. The molecule has 0 radical (unpaired) electrons. The molecule has 0 fully saturated rings. The van der Waals surface area contributed by atoms with Crippen LogP contribution in [-0.4, -0.2) is 28.5 Å². The van der Waals surface area contributed by atoms with E-state index in [2.05, 4.69) is 31.0 Å². The van der Waals surface area contributed by atoms with Crippen molar-refractivity contribution in [3.63, 3.8) is 0 Å². The molecule has 0 saturated heterocycles. The molecule has 0 amide bonds. The molecule has 18 heavy (non-hydrogen) atoms. The van der Waals surface area contributed by atoms with Crippen molar-refractivity contribution in [3.05, 3.63) is 28.9 Å². The first-order valence-electron chi connectivity index (χ1n) is 4.77. The Balaban J connectivity index is 2.36. The molecule has 0 atom stereocenters. The molecule has 0 aliphatic carbocycles. The predicted molar refractivity (Wildman–Crippen MR) is 67.6 cm³/mol. The number of aryl methyl sites for hydroxylation is 1. The number of nitrogens with one attached hydrogen (secondary N) is 1. The molecule has 0 bridgehead atoms. The third-order valence-electron chi connectivity index (χ3n) is 2.11. The number of halogens is 1. The van der Waals surface area contributed by atoms with Gasteiger partial charge in [-0.15, -0.1) is 5.10 Å². The monoisotopic (exact) mass is 332 g/mol. The van der Waals surface area contributed by atoms with Crippen molar-refractivity contribution >= 4 is 31.6 Å². The highest BCUT2D eigenvalue weighted by Crippen LogP contribution is 2.22. The van der Waals surface area contributed by atoms with Gasteiger partial charge in [0.25, 0.3) is 10.0 Å². The van der Waals surface area contributed by atoms with Crippen LogP contribution in [0.5, 0.6) is 5.75 Å². The van der Waals surface area contributed by atoms with Gasteiger partial charge in [0.2, 0.25) is 5.03 Å². The average Bonchev–Trinajstić information content (AvgIpc) is 2.62. The van der Waals surface area contributed by atoms with Crippen molar-refractivity contribution < 1.29 is 13.5 Å². The highest BCUT2D eigenvalue weighted by Gasteiger charge is 2.23. The van der Waals surface area contributed by atoms with Crippen LogP contribution < -0.4 is 4.72 Å².